The molecular weight excluding hydrogens is 192 g/mol. The second-order valence-corrected chi connectivity index (χ2v) is 3.63. The molecule has 1 heterocycles. The van der Waals surface area contributed by atoms with Crippen molar-refractivity contribution in [3.63, 3.8) is 0 Å². The number of furan rings is 1. The first-order valence-corrected chi connectivity index (χ1v) is 4.80. The van der Waals surface area contributed by atoms with Crippen LogP contribution in [0.5, 0.6) is 0 Å². The average molecular weight is 204 g/mol. The highest BCUT2D eigenvalue weighted by molar-refractivity contribution is 5.97. The lowest BCUT2D eigenvalue weighted by Crippen LogP contribution is -1.89. The van der Waals surface area contributed by atoms with Gasteiger partial charge in [-0.25, -0.2) is 0 Å². The largest absolute Gasteiger partial charge is 0.458 e. The number of carbonyl (C=O) groups is 1. The molecule has 15 heavy (non-hydrogen) atoms. The van der Waals surface area contributed by atoms with E-state index in [4.69, 9.17) is 4.42 Å². The predicted molar refractivity (Wildman–Crippen MR) is 56.9 cm³/mol. The van der Waals surface area contributed by atoms with Crippen molar-refractivity contribution in [2.45, 2.75) is 20.0 Å². The standard InChI is InChI=1S/C12H12O3/c1-7(13)9-3-4-11-10(5-9)6-12(15-11)8(2)14/h3-6,8,14H,1-2H3. The number of aliphatic hydroxyl groups is 1. The summed E-state index contributed by atoms with van der Waals surface area (Å²) in [5.41, 5.74) is 1.34. The van der Waals surface area contributed by atoms with E-state index in [0.29, 0.717) is 16.9 Å². The SMILES string of the molecule is CC(=O)c1ccc2oc(C(C)O)cc2c1. The number of hydrogen-bond donors (Lipinski definition) is 1. The van der Waals surface area contributed by atoms with Gasteiger partial charge in [-0.15, -0.1) is 0 Å². The van der Waals surface area contributed by atoms with Crippen LogP contribution < -0.4 is 0 Å². The summed E-state index contributed by atoms with van der Waals surface area (Å²) in [5, 5.41) is 10.2. The highest BCUT2D eigenvalue weighted by atomic mass is 16.4. The van der Waals surface area contributed by atoms with E-state index in [0.717, 1.165) is 5.39 Å². The predicted octanol–water partition coefficient (Wildman–Crippen LogP) is 2.69. The number of hydrogen-bond acceptors (Lipinski definition) is 3. The normalized spacial score (nSPS) is 13.0. The van der Waals surface area contributed by atoms with Crippen LogP contribution in [0.1, 0.15) is 36.1 Å². The Bertz CT molecular complexity index is 509. The molecule has 0 saturated heterocycles. The van der Waals surface area contributed by atoms with Gasteiger partial charge in [0.2, 0.25) is 0 Å². The number of benzene rings is 1. The Morgan fingerprint density at radius 2 is 2.13 bits per heavy atom. The maximum atomic E-state index is 11.1. The van der Waals surface area contributed by atoms with E-state index in [9.17, 15) is 9.90 Å². The van der Waals surface area contributed by atoms with Gasteiger partial charge in [0.1, 0.15) is 17.4 Å². The molecule has 1 aromatic carbocycles. The number of carbonyl (C=O) groups excluding carboxylic acids is 1. The molecule has 0 aliphatic carbocycles. The molecular formula is C12H12O3. The van der Waals surface area contributed by atoms with Crippen molar-refractivity contribution >= 4 is 16.8 Å². The minimum absolute atomic E-state index is 0.0247. The Hall–Kier alpha value is -1.61. The maximum absolute atomic E-state index is 11.1. The van der Waals surface area contributed by atoms with Crippen LogP contribution in [0, 0.1) is 0 Å². The van der Waals surface area contributed by atoms with Crippen molar-refractivity contribution in [3.8, 4) is 0 Å². The van der Waals surface area contributed by atoms with Gasteiger partial charge in [0.15, 0.2) is 5.78 Å². The molecule has 0 amide bonds. The summed E-state index contributed by atoms with van der Waals surface area (Å²) in [6.45, 7) is 3.17. The lowest BCUT2D eigenvalue weighted by Gasteiger charge is -1.95. The van der Waals surface area contributed by atoms with Crippen LogP contribution in [0.3, 0.4) is 0 Å². The van der Waals surface area contributed by atoms with Gasteiger partial charge in [-0.05, 0) is 38.1 Å². The summed E-state index contributed by atoms with van der Waals surface area (Å²) in [6.07, 6.45) is -0.627. The summed E-state index contributed by atoms with van der Waals surface area (Å²) >= 11 is 0. The molecule has 2 rings (SSSR count). The molecule has 0 radical (unpaired) electrons. The van der Waals surface area contributed by atoms with Crippen molar-refractivity contribution in [1.82, 2.24) is 0 Å². The average Bonchev–Trinajstić information content (AvgIpc) is 2.59. The fourth-order valence-electron chi connectivity index (χ4n) is 1.49. The van der Waals surface area contributed by atoms with E-state index in [-0.39, 0.29) is 5.78 Å². The van der Waals surface area contributed by atoms with E-state index < -0.39 is 6.10 Å². The van der Waals surface area contributed by atoms with Crippen LogP contribution in [0.2, 0.25) is 0 Å². The van der Waals surface area contributed by atoms with E-state index in [1.54, 1.807) is 31.2 Å². The fourth-order valence-corrected chi connectivity index (χ4v) is 1.49. The number of Topliss-reactive ketones (excluding diaryl/α,β-unsaturated/α-hetero) is 1. The van der Waals surface area contributed by atoms with Crippen molar-refractivity contribution in [3.05, 3.63) is 35.6 Å². The highest BCUT2D eigenvalue weighted by Crippen LogP contribution is 2.24. The van der Waals surface area contributed by atoms with Crippen LogP contribution in [0.15, 0.2) is 28.7 Å². The third kappa shape index (κ3) is 1.78. The third-order valence-electron chi connectivity index (χ3n) is 2.35. The summed E-state index contributed by atoms with van der Waals surface area (Å²) in [7, 11) is 0. The zero-order valence-corrected chi connectivity index (χ0v) is 8.65. The van der Waals surface area contributed by atoms with Gasteiger partial charge in [-0.2, -0.15) is 0 Å². The minimum Gasteiger partial charge on any atom is -0.458 e. The lowest BCUT2D eigenvalue weighted by atomic mass is 10.1. The lowest BCUT2D eigenvalue weighted by molar-refractivity contribution is 0.101. The van der Waals surface area contributed by atoms with Crippen molar-refractivity contribution < 1.29 is 14.3 Å². The van der Waals surface area contributed by atoms with Gasteiger partial charge < -0.3 is 9.52 Å². The van der Waals surface area contributed by atoms with Crippen molar-refractivity contribution in [2.75, 3.05) is 0 Å². The van der Waals surface area contributed by atoms with E-state index in [2.05, 4.69) is 0 Å². The first-order valence-electron chi connectivity index (χ1n) is 4.80. The Morgan fingerprint density at radius 1 is 1.40 bits per heavy atom. The fraction of sp³-hybridized carbons (Fsp3) is 0.250. The first-order chi connectivity index (χ1) is 7.08. The summed E-state index contributed by atoms with van der Waals surface area (Å²) in [5.74, 6) is 0.544. The molecule has 0 bridgehead atoms. The van der Waals surface area contributed by atoms with Crippen molar-refractivity contribution in [1.29, 1.82) is 0 Å². The molecule has 3 heteroatoms. The first kappa shape index (κ1) is 9.93. The Morgan fingerprint density at radius 3 is 2.73 bits per heavy atom. The van der Waals surface area contributed by atoms with Crippen LogP contribution in [0.25, 0.3) is 11.0 Å². The molecule has 0 fully saturated rings. The second kappa shape index (κ2) is 3.51. The van der Waals surface area contributed by atoms with Gasteiger partial charge in [0.25, 0.3) is 0 Å². The molecule has 0 aliphatic heterocycles. The van der Waals surface area contributed by atoms with Crippen LogP contribution >= 0.6 is 0 Å². The Balaban J connectivity index is 2.57. The molecule has 1 unspecified atom stereocenters. The smallest absolute Gasteiger partial charge is 0.159 e. The topological polar surface area (TPSA) is 50.4 Å². The summed E-state index contributed by atoms with van der Waals surface area (Å²) < 4.78 is 5.40. The molecule has 1 N–H and O–H groups in total. The molecule has 78 valence electrons. The van der Waals surface area contributed by atoms with Crippen LogP contribution in [-0.2, 0) is 0 Å². The highest BCUT2D eigenvalue weighted by Gasteiger charge is 2.09. The molecule has 2 aromatic rings. The van der Waals surface area contributed by atoms with Gasteiger partial charge in [0, 0.05) is 10.9 Å². The molecule has 0 saturated carbocycles. The summed E-state index contributed by atoms with van der Waals surface area (Å²) in [4.78, 5) is 11.1. The second-order valence-electron chi connectivity index (χ2n) is 3.63. The summed E-state index contributed by atoms with van der Waals surface area (Å²) in [6, 6.07) is 7.00. The van der Waals surface area contributed by atoms with Gasteiger partial charge >= 0.3 is 0 Å². The van der Waals surface area contributed by atoms with Gasteiger partial charge in [-0.3, -0.25) is 4.79 Å². The zero-order chi connectivity index (χ0) is 11.0. The Kier molecular flexibility index (Phi) is 2.32. The quantitative estimate of drug-likeness (QED) is 0.765. The number of aliphatic hydroxyl groups excluding tert-OH is 1. The zero-order valence-electron chi connectivity index (χ0n) is 8.65. The molecule has 3 nitrogen and oxygen atoms in total. The number of ketones is 1. The van der Waals surface area contributed by atoms with E-state index in [1.165, 1.54) is 6.92 Å². The molecule has 0 aliphatic rings. The van der Waals surface area contributed by atoms with Crippen molar-refractivity contribution in [2.24, 2.45) is 0 Å². The van der Waals surface area contributed by atoms with Crippen LogP contribution in [-0.4, -0.2) is 10.9 Å². The Labute approximate surface area is 87.3 Å². The minimum atomic E-state index is -0.627. The van der Waals surface area contributed by atoms with Gasteiger partial charge in [-0.1, -0.05) is 0 Å². The van der Waals surface area contributed by atoms with Gasteiger partial charge in [0.05, 0.1) is 0 Å². The van der Waals surface area contributed by atoms with E-state index in [1.807, 2.05) is 0 Å². The van der Waals surface area contributed by atoms with E-state index >= 15 is 0 Å². The maximum Gasteiger partial charge on any atom is 0.159 e. The number of fused-ring (bicyclic) bond motifs is 1. The molecule has 1 atom stereocenters. The molecule has 0 spiro atoms. The molecule has 1 aromatic heterocycles. The number of rotatable bonds is 2. The van der Waals surface area contributed by atoms with Crippen LogP contribution in [0.4, 0.5) is 0 Å². The monoisotopic (exact) mass is 204 g/mol. The third-order valence-corrected chi connectivity index (χ3v) is 2.35.